The maximum Gasteiger partial charge on any atom is 0.241 e. The van der Waals surface area contributed by atoms with Crippen molar-refractivity contribution in [3.8, 4) is 5.75 Å². The van der Waals surface area contributed by atoms with Gasteiger partial charge in [-0.3, -0.25) is 4.79 Å². The van der Waals surface area contributed by atoms with Gasteiger partial charge in [-0.15, -0.1) is 0 Å². The third-order valence-corrected chi connectivity index (χ3v) is 5.30. The van der Waals surface area contributed by atoms with Gasteiger partial charge in [0, 0.05) is 5.69 Å². The van der Waals surface area contributed by atoms with E-state index in [9.17, 15) is 13.2 Å². The van der Waals surface area contributed by atoms with Crippen molar-refractivity contribution in [2.24, 2.45) is 0 Å². The minimum atomic E-state index is -3.87. The number of anilines is 1. The summed E-state index contributed by atoms with van der Waals surface area (Å²) in [5.41, 5.74) is 2.48. The van der Waals surface area contributed by atoms with E-state index in [0.717, 1.165) is 11.1 Å². The minimum Gasteiger partial charge on any atom is -0.495 e. The Labute approximate surface area is 152 Å². The Kier molecular flexibility index (Phi) is 6.05. The molecule has 0 atom stereocenters. The third kappa shape index (κ3) is 4.72. The Morgan fingerprint density at radius 3 is 2.36 bits per heavy atom. The van der Waals surface area contributed by atoms with Crippen molar-refractivity contribution >= 4 is 33.2 Å². The highest BCUT2D eigenvalue weighted by molar-refractivity contribution is 7.89. The molecule has 134 valence electrons. The van der Waals surface area contributed by atoms with Gasteiger partial charge in [-0.25, -0.2) is 13.1 Å². The van der Waals surface area contributed by atoms with Crippen LogP contribution in [0.3, 0.4) is 0 Å². The predicted octanol–water partition coefficient (Wildman–Crippen LogP) is 2.88. The van der Waals surface area contributed by atoms with E-state index in [1.165, 1.54) is 25.3 Å². The summed E-state index contributed by atoms with van der Waals surface area (Å²) in [4.78, 5) is 12.0. The first-order valence-corrected chi connectivity index (χ1v) is 9.30. The Morgan fingerprint density at radius 2 is 1.80 bits per heavy atom. The first kappa shape index (κ1) is 19.2. The summed E-state index contributed by atoms with van der Waals surface area (Å²) >= 11 is 5.94. The maximum atomic E-state index is 12.3. The number of para-hydroxylation sites is 1. The molecule has 0 aliphatic heterocycles. The summed E-state index contributed by atoms with van der Waals surface area (Å²) < 4.78 is 31.8. The van der Waals surface area contributed by atoms with Crippen LogP contribution < -0.4 is 14.8 Å². The summed E-state index contributed by atoms with van der Waals surface area (Å²) in [7, 11) is -2.43. The smallest absolute Gasteiger partial charge is 0.241 e. The molecule has 0 aliphatic carbocycles. The Hall–Kier alpha value is -2.09. The van der Waals surface area contributed by atoms with Gasteiger partial charge in [-0.05, 0) is 43.2 Å². The van der Waals surface area contributed by atoms with Gasteiger partial charge in [-0.1, -0.05) is 29.8 Å². The molecule has 0 saturated carbocycles. The zero-order valence-electron chi connectivity index (χ0n) is 14.1. The van der Waals surface area contributed by atoms with Crippen molar-refractivity contribution in [3.63, 3.8) is 0 Å². The lowest BCUT2D eigenvalue weighted by atomic mass is 10.1. The molecule has 6 nitrogen and oxygen atoms in total. The minimum absolute atomic E-state index is 0.0434. The third-order valence-electron chi connectivity index (χ3n) is 3.60. The monoisotopic (exact) mass is 382 g/mol. The second-order valence-corrected chi connectivity index (χ2v) is 7.61. The number of benzene rings is 2. The van der Waals surface area contributed by atoms with Crippen molar-refractivity contribution in [2.75, 3.05) is 19.0 Å². The van der Waals surface area contributed by atoms with Gasteiger partial charge < -0.3 is 10.1 Å². The molecule has 0 radical (unpaired) electrons. The number of carbonyl (C=O) groups excluding carboxylic acids is 1. The highest BCUT2D eigenvalue weighted by Gasteiger charge is 2.18. The van der Waals surface area contributed by atoms with Crippen LogP contribution in [-0.2, 0) is 14.8 Å². The summed E-state index contributed by atoms with van der Waals surface area (Å²) in [6, 6.07) is 9.70. The van der Waals surface area contributed by atoms with Gasteiger partial charge in [0.2, 0.25) is 15.9 Å². The van der Waals surface area contributed by atoms with E-state index in [1.807, 2.05) is 32.0 Å². The summed E-state index contributed by atoms with van der Waals surface area (Å²) in [6.45, 7) is 3.35. The standard InChI is InChI=1S/C17H19ClN2O4S/c1-11-5-4-6-12(2)17(11)20-16(21)10-19-25(22,23)13-7-8-15(24-3)14(18)9-13/h4-9,19H,10H2,1-3H3,(H,20,21). The second kappa shape index (κ2) is 7.86. The molecule has 0 bridgehead atoms. The van der Waals surface area contributed by atoms with E-state index in [1.54, 1.807) is 0 Å². The van der Waals surface area contributed by atoms with Crippen molar-refractivity contribution in [1.29, 1.82) is 0 Å². The highest BCUT2D eigenvalue weighted by atomic mass is 35.5. The predicted molar refractivity (Wildman–Crippen MR) is 97.7 cm³/mol. The number of ether oxygens (including phenoxy) is 1. The molecule has 0 unspecified atom stereocenters. The number of hydrogen-bond donors (Lipinski definition) is 2. The van der Waals surface area contributed by atoms with Gasteiger partial charge >= 0.3 is 0 Å². The van der Waals surface area contributed by atoms with Gasteiger partial charge in [0.15, 0.2) is 0 Å². The molecule has 2 aromatic carbocycles. The number of hydrogen-bond acceptors (Lipinski definition) is 4. The molecule has 0 aromatic heterocycles. The number of amides is 1. The fraction of sp³-hybridized carbons (Fsp3) is 0.235. The van der Waals surface area contributed by atoms with Crippen LogP contribution in [0.25, 0.3) is 0 Å². The van der Waals surface area contributed by atoms with Crippen molar-refractivity contribution in [2.45, 2.75) is 18.7 Å². The van der Waals surface area contributed by atoms with Crippen LogP contribution in [0.1, 0.15) is 11.1 Å². The molecule has 0 heterocycles. The van der Waals surface area contributed by atoms with Crippen LogP contribution in [0.15, 0.2) is 41.3 Å². The molecule has 2 N–H and O–H groups in total. The summed E-state index contributed by atoms with van der Waals surface area (Å²) in [5.74, 6) is -0.0889. The molecular weight excluding hydrogens is 364 g/mol. The molecule has 0 aliphatic rings. The number of nitrogens with one attached hydrogen (secondary N) is 2. The average Bonchev–Trinajstić information content (AvgIpc) is 2.56. The Balaban J connectivity index is 2.07. The number of sulfonamides is 1. The zero-order chi connectivity index (χ0) is 18.6. The van der Waals surface area contributed by atoms with Crippen LogP contribution in [0, 0.1) is 13.8 Å². The fourth-order valence-electron chi connectivity index (χ4n) is 2.25. The zero-order valence-corrected chi connectivity index (χ0v) is 15.7. The van der Waals surface area contributed by atoms with Crippen LogP contribution in [0.2, 0.25) is 5.02 Å². The molecular formula is C17H19ClN2O4S. The Morgan fingerprint density at radius 1 is 1.16 bits per heavy atom. The van der Waals surface area contributed by atoms with Crippen molar-refractivity contribution in [3.05, 3.63) is 52.5 Å². The molecule has 1 amide bonds. The van der Waals surface area contributed by atoms with Gasteiger partial charge in [0.1, 0.15) is 5.75 Å². The number of carbonyl (C=O) groups is 1. The van der Waals surface area contributed by atoms with Gasteiger partial charge in [0.25, 0.3) is 0 Å². The maximum absolute atomic E-state index is 12.3. The highest BCUT2D eigenvalue weighted by Crippen LogP contribution is 2.26. The number of methoxy groups -OCH3 is 1. The first-order chi connectivity index (χ1) is 11.7. The van der Waals surface area contributed by atoms with E-state index in [4.69, 9.17) is 16.3 Å². The van der Waals surface area contributed by atoms with Crippen LogP contribution in [-0.4, -0.2) is 28.0 Å². The van der Waals surface area contributed by atoms with Crippen molar-refractivity contribution in [1.82, 2.24) is 4.72 Å². The molecule has 25 heavy (non-hydrogen) atoms. The quantitative estimate of drug-likeness (QED) is 0.804. The van der Waals surface area contributed by atoms with Gasteiger partial charge in [-0.2, -0.15) is 0 Å². The van der Waals surface area contributed by atoms with Crippen LogP contribution in [0.5, 0.6) is 5.75 Å². The molecule has 0 saturated heterocycles. The van der Waals surface area contributed by atoms with E-state index in [2.05, 4.69) is 10.0 Å². The Bertz CT molecular complexity index is 877. The van der Waals surface area contributed by atoms with E-state index in [0.29, 0.717) is 11.4 Å². The lowest BCUT2D eigenvalue weighted by Crippen LogP contribution is -2.33. The van der Waals surface area contributed by atoms with E-state index < -0.39 is 15.9 Å². The largest absolute Gasteiger partial charge is 0.495 e. The summed E-state index contributed by atoms with van der Waals surface area (Å²) in [5, 5.41) is 2.89. The normalized spacial score (nSPS) is 11.2. The lowest BCUT2D eigenvalue weighted by Gasteiger charge is -2.12. The number of rotatable bonds is 6. The van der Waals surface area contributed by atoms with Crippen molar-refractivity contribution < 1.29 is 17.9 Å². The average molecular weight is 383 g/mol. The topological polar surface area (TPSA) is 84.5 Å². The molecule has 2 aromatic rings. The van der Waals surface area contributed by atoms with Crippen LogP contribution >= 0.6 is 11.6 Å². The second-order valence-electron chi connectivity index (χ2n) is 5.44. The number of halogens is 1. The molecule has 0 fully saturated rings. The fourth-order valence-corrected chi connectivity index (χ4v) is 3.58. The molecule has 2 rings (SSSR count). The number of aryl methyl sites for hydroxylation is 2. The molecule has 0 spiro atoms. The lowest BCUT2D eigenvalue weighted by molar-refractivity contribution is -0.115. The summed E-state index contributed by atoms with van der Waals surface area (Å²) in [6.07, 6.45) is 0. The SMILES string of the molecule is COc1ccc(S(=O)(=O)NCC(=O)Nc2c(C)cccc2C)cc1Cl. The van der Waals surface area contributed by atoms with Crippen LogP contribution in [0.4, 0.5) is 5.69 Å². The van der Waals surface area contributed by atoms with E-state index >= 15 is 0 Å². The van der Waals surface area contributed by atoms with E-state index in [-0.39, 0.29) is 16.5 Å². The molecule has 8 heteroatoms. The first-order valence-electron chi connectivity index (χ1n) is 7.44. The van der Waals surface area contributed by atoms with Gasteiger partial charge in [0.05, 0.1) is 23.6 Å².